The molecule has 8 nitrogen and oxygen atoms in total. The third kappa shape index (κ3) is 7.29. The van der Waals surface area contributed by atoms with Crippen LogP contribution in [0.25, 0.3) is 10.9 Å². The van der Waals surface area contributed by atoms with Crippen LogP contribution < -0.4 is 14.8 Å². The van der Waals surface area contributed by atoms with E-state index in [4.69, 9.17) is 16.3 Å². The van der Waals surface area contributed by atoms with Gasteiger partial charge in [-0.2, -0.15) is 0 Å². The van der Waals surface area contributed by atoms with E-state index in [1.165, 1.54) is 19.1 Å². The maximum Gasteiger partial charge on any atom is 0.264 e. The second-order valence-electron chi connectivity index (χ2n) is 8.65. The van der Waals surface area contributed by atoms with Crippen molar-refractivity contribution in [2.24, 2.45) is 0 Å². The van der Waals surface area contributed by atoms with Crippen molar-refractivity contribution in [2.45, 2.75) is 19.4 Å². The molecule has 4 aromatic rings. The maximum absolute atomic E-state index is 12.3. The van der Waals surface area contributed by atoms with Crippen LogP contribution in [0.5, 0.6) is 11.5 Å². The molecule has 1 amide bonds. The number of aliphatic hydroxyl groups excluding tert-OH is 1. The van der Waals surface area contributed by atoms with Crippen LogP contribution in [0.4, 0.5) is 0 Å². The molecule has 0 aliphatic heterocycles. The Hall–Kier alpha value is -3.50. The number of aliphatic hydroxyl groups is 1. The van der Waals surface area contributed by atoms with Crippen LogP contribution >= 0.6 is 11.6 Å². The molecule has 0 aliphatic rings. The third-order valence-corrected chi connectivity index (χ3v) is 7.40. The average molecular weight is 554 g/mol. The molecule has 0 saturated carbocycles. The summed E-state index contributed by atoms with van der Waals surface area (Å²) in [5.74, 6) is 0.310. The smallest absolute Gasteiger partial charge is 0.264 e. The molecular weight excluding hydrogens is 526 g/mol. The van der Waals surface area contributed by atoms with Gasteiger partial charge in [-0.1, -0.05) is 35.9 Å². The molecule has 198 valence electrons. The van der Waals surface area contributed by atoms with Gasteiger partial charge >= 0.3 is 0 Å². The van der Waals surface area contributed by atoms with Crippen LogP contribution in [0.3, 0.4) is 0 Å². The summed E-state index contributed by atoms with van der Waals surface area (Å²) < 4.78 is 31.5. The molecule has 1 aromatic heterocycles. The summed E-state index contributed by atoms with van der Waals surface area (Å²) in [5, 5.41) is 14.9. The number of carbonyl (C=O) groups is 1. The minimum absolute atomic E-state index is 0.190. The summed E-state index contributed by atoms with van der Waals surface area (Å²) in [6, 6.07) is 21.4. The first kappa shape index (κ1) is 27.5. The second kappa shape index (κ2) is 12.4. The normalized spacial score (nSPS) is 12.3. The number of hydrogen-bond donors (Lipinski definition) is 3. The van der Waals surface area contributed by atoms with Crippen molar-refractivity contribution in [3.05, 3.63) is 101 Å². The number of nitrogens with zero attached hydrogens (tertiary/aromatic N) is 1. The first-order chi connectivity index (χ1) is 18.2. The molecule has 0 radical (unpaired) electrons. The predicted molar refractivity (Wildman–Crippen MR) is 148 cm³/mol. The van der Waals surface area contributed by atoms with Gasteiger partial charge in [-0.3, -0.25) is 9.78 Å². The fourth-order valence-electron chi connectivity index (χ4n) is 3.78. The van der Waals surface area contributed by atoms with Gasteiger partial charge < -0.3 is 15.2 Å². The predicted octanol–water partition coefficient (Wildman–Crippen LogP) is 4.63. The van der Waals surface area contributed by atoms with E-state index >= 15 is 0 Å². The van der Waals surface area contributed by atoms with Gasteiger partial charge in [0, 0.05) is 28.7 Å². The number of hydrogen-bond acceptors (Lipinski definition) is 7. The molecule has 4 rings (SSSR count). The molecule has 10 heteroatoms. The summed E-state index contributed by atoms with van der Waals surface area (Å²) >= 11 is 5.99. The third-order valence-electron chi connectivity index (χ3n) is 5.91. The maximum atomic E-state index is 12.3. The zero-order valence-corrected chi connectivity index (χ0v) is 22.3. The van der Waals surface area contributed by atoms with Crippen molar-refractivity contribution in [1.82, 2.24) is 15.0 Å². The van der Waals surface area contributed by atoms with Gasteiger partial charge in [-0.25, -0.2) is 13.1 Å². The average Bonchev–Trinajstić information content (AvgIpc) is 2.91. The summed E-state index contributed by atoms with van der Waals surface area (Å²) in [6.07, 6.45) is 1.72. The van der Waals surface area contributed by atoms with Gasteiger partial charge in [0.15, 0.2) is 0 Å². The number of aromatic nitrogens is 1. The van der Waals surface area contributed by atoms with Crippen molar-refractivity contribution in [1.29, 1.82) is 0 Å². The Kier molecular flexibility index (Phi) is 8.96. The lowest BCUT2D eigenvalue weighted by Gasteiger charge is -2.13. The van der Waals surface area contributed by atoms with Crippen LogP contribution in [-0.2, 0) is 16.4 Å². The number of carbonyl (C=O) groups excluding carboxylic acids is 1. The highest BCUT2D eigenvalue weighted by molar-refractivity contribution is 7.90. The molecule has 0 spiro atoms. The number of sulfonamides is 1. The van der Waals surface area contributed by atoms with Gasteiger partial charge in [0.1, 0.15) is 11.5 Å². The van der Waals surface area contributed by atoms with E-state index in [0.29, 0.717) is 40.5 Å². The van der Waals surface area contributed by atoms with Gasteiger partial charge in [0.2, 0.25) is 10.0 Å². The van der Waals surface area contributed by atoms with Gasteiger partial charge in [-0.05, 0) is 79.5 Å². The topological polar surface area (TPSA) is 118 Å². The first-order valence-electron chi connectivity index (χ1n) is 12.1. The fraction of sp³-hybridized carbons (Fsp3) is 0.214. The minimum Gasteiger partial charge on any atom is -0.457 e. The Bertz CT molecular complexity index is 1530. The number of benzene rings is 3. The number of amides is 1. The number of pyridine rings is 1. The molecule has 3 N–H and O–H groups in total. The molecule has 0 unspecified atom stereocenters. The summed E-state index contributed by atoms with van der Waals surface area (Å²) in [6.45, 7) is 2.58. The van der Waals surface area contributed by atoms with Crippen LogP contribution in [0.2, 0.25) is 5.02 Å². The first-order valence-corrected chi connectivity index (χ1v) is 14.1. The summed E-state index contributed by atoms with van der Waals surface area (Å²) in [5.41, 5.74) is 2.59. The van der Waals surface area contributed by atoms with Gasteiger partial charge in [-0.15, -0.1) is 0 Å². The fourth-order valence-corrected chi connectivity index (χ4v) is 4.52. The summed E-state index contributed by atoms with van der Waals surface area (Å²) in [4.78, 5) is 16.6. The van der Waals surface area contributed by atoms with Crippen LogP contribution in [0.1, 0.15) is 34.5 Å². The van der Waals surface area contributed by atoms with E-state index in [-0.39, 0.29) is 11.3 Å². The molecule has 0 saturated heterocycles. The molecule has 38 heavy (non-hydrogen) atoms. The molecule has 0 fully saturated rings. The van der Waals surface area contributed by atoms with Crippen molar-refractivity contribution < 1.29 is 23.1 Å². The van der Waals surface area contributed by atoms with Gasteiger partial charge in [0.05, 0.1) is 17.4 Å². The van der Waals surface area contributed by atoms with Crippen LogP contribution in [0.15, 0.2) is 79.0 Å². The van der Waals surface area contributed by atoms with E-state index in [0.717, 1.165) is 17.5 Å². The molecule has 1 atom stereocenters. The van der Waals surface area contributed by atoms with Crippen LogP contribution in [0, 0.1) is 0 Å². The minimum atomic E-state index is -3.66. The quantitative estimate of drug-likeness (QED) is 0.232. The summed E-state index contributed by atoms with van der Waals surface area (Å²) in [7, 11) is -3.66. The second-order valence-corrected chi connectivity index (χ2v) is 11.1. The van der Waals surface area contributed by atoms with Gasteiger partial charge in [0.25, 0.3) is 5.91 Å². The lowest BCUT2D eigenvalue weighted by Crippen LogP contribution is -2.31. The van der Waals surface area contributed by atoms with Crippen molar-refractivity contribution in [3.63, 3.8) is 0 Å². The Morgan fingerprint density at radius 1 is 1.08 bits per heavy atom. The highest BCUT2D eigenvalue weighted by Crippen LogP contribution is 2.29. The van der Waals surface area contributed by atoms with E-state index in [1.807, 2.05) is 41.1 Å². The number of ether oxygens (including phenoxy) is 1. The Morgan fingerprint density at radius 3 is 2.61 bits per heavy atom. The van der Waals surface area contributed by atoms with Crippen molar-refractivity contribution in [3.8, 4) is 11.5 Å². The number of nitrogens with one attached hydrogen (secondary N) is 2. The largest absolute Gasteiger partial charge is 0.457 e. The number of rotatable bonds is 11. The monoisotopic (exact) mass is 553 g/mol. The molecule has 0 aliphatic carbocycles. The molecular formula is C28H28ClN3O5S. The van der Waals surface area contributed by atoms with E-state index in [2.05, 4.69) is 10.3 Å². The molecule has 0 bridgehead atoms. The van der Waals surface area contributed by atoms with E-state index in [9.17, 15) is 18.3 Å². The lowest BCUT2D eigenvalue weighted by atomic mass is 10.1. The zero-order chi connectivity index (χ0) is 27.1. The standard InChI is InChI=1S/C28H28ClN3O5S/c1-2-38(35,36)32-28(34)21-8-11-24-25(17-21)31-15-13-27(24)37-23-9-6-19(7-10-23)12-14-30-18-26(33)20-4-3-5-22(29)16-20/h3-11,13,15-17,26,30,33H,2,12,14,18H2,1H3,(H,32,34)/t26-/m1/s1. The van der Waals surface area contributed by atoms with Crippen molar-refractivity contribution in [2.75, 3.05) is 18.8 Å². The zero-order valence-electron chi connectivity index (χ0n) is 20.7. The van der Waals surface area contributed by atoms with Crippen LogP contribution in [-0.4, -0.2) is 43.3 Å². The lowest BCUT2D eigenvalue weighted by molar-refractivity contribution is 0.0981. The SMILES string of the molecule is CCS(=O)(=O)NC(=O)c1ccc2c(Oc3ccc(CCNC[C@@H](O)c4cccc(Cl)c4)cc3)ccnc2c1. The Morgan fingerprint density at radius 2 is 1.87 bits per heavy atom. The van der Waals surface area contributed by atoms with Crippen molar-refractivity contribution >= 4 is 38.4 Å². The Labute approximate surface area is 226 Å². The Balaban J connectivity index is 1.34. The van der Waals surface area contributed by atoms with E-state index in [1.54, 1.807) is 30.5 Å². The highest BCUT2D eigenvalue weighted by atomic mass is 35.5. The molecule has 1 heterocycles. The molecule has 3 aromatic carbocycles. The highest BCUT2D eigenvalue weighted by Gasteiger charge is 2.15. The number of fused-ring (bicyclic) bond motifs is 1. The number of halogens is 1. The van der Waals surface area contributed by atoms with E-state index < -0.39 is 22.0 Å².